The van der Waals surface area contributed by atoms with Gasteiger partial charge in [-0.15, -0.1) is 0 Å². The fourth-order valence-corrected chi connectivity index (χ4v) is 1.45. The zero-order valence-corrected chi connectivity index (χ0v) is 10.6. The maximum absolute atomic E-state index is 2.35. The minimum absolute atomic E-state index is 0. The minimum Gasteiger partial charge on any atom is -1.00 e. The Morgan fingerprint density at radius 2 is 2.00 bits per heavy atom. The number of rotatable bonds is 0. The summed E-state index contributed by atoms with van der Waals surface area (Å²) in [4.78, 5) is 2.35. The molecule has 0 saturated carbocycles. The molecule has 0 N–H and O–H groups in total. The number of hydrogen-bond donors (Lipinski definition) is 0. The van der Waals surface area contributed by atoms with E-state index in [2.05, 4.69) is 39.3 Å². The molecule has 1 nitrogen and oxygen atoms in total. The maximum Gasteiger partial charge on any atom is 2.00 e. The van der Waals surface area contributed by atoms with Crippen molar-refractivity contribution in [1.82, 2.24) is 4.90 Å². The van der Waals surface area contributed by atoms with Gasteiger partial charge in [-0.1, -0.05) is 13.3 Å². The van der Waals surface area contributed by atoms with Gasteiger partial charge in [-0.05, 0) is 32.4 Å². The van der Waals surface area contributed by atoms with Gasteiger partial charge in [0.05, 0.1) is 0 Å². The van der Waals surface area contributed by atoms with E-state index in [1.165, 1.54) is 12.8 Å². The molecule has 1 aliphatic rings. The number of hydrogen-bond acceptors (Lipinski definition) is 1. The first kappa shape index (κ1) is 15.8. The van der Waals surface area contributed by atoms with Crippen LogP contribution in [0.25, 0.3) is 0 Å². The zero-order chi connectivity index (χ0) is 7.78. The molecule has 64 valence electrons. The van der Waals surface area contributed by atoms with Crippen LogP contribution in [-0.2, 0) is 0 Å². The van der Waals surface area contributed by atoms with E-state index < -0.39 is 0 Å². The Morgan fingerprint density at radius 3 is 2.33 bits per heavy atom. The summed E-state index contributed by atoms with van der Waals surface area (Å²) in [5, 5.41) is 0. The van der Waals surface area contributed by atoms with Gasteiger partial charge in [-0.3, -0.25) is 6.54 Å². The molecule has 3 heteroatoms. The molecule has 0 spiro atoms. The number of piperidine rings is 1. The molecular weight excluding hydrogens is 153 g/mol. The van der Waals surface area contributed by atoms with Crippen LogP contribution in [0.2, 0.25) is 0 Å². The van der Waals surface area contributed by atoms with Gasteiger partial charge in [0.15, 0.2) is 0 Å². The van der Waals surface area contributed by atoms with Crippen molar-refractivity contribution in [3.8, 4) is 0 Å². The normalized spacial score (nSPS) is 28.5. The standard InChI is InChI=1S/C9H18N.Li.Mg.2H/c1-8-6-5-7-10(4)9(8,2)3;;;;/h7-8H,5-6H2,1-4H3;;;;/q-1;+1;+2;2*-1. The summed E-state index contributed by atoms with van der Waals surface area (Å²) in [6.45, 7) is 9.27. The van der Waals surface area contributed by atoms with Crippen molar-refractivity contribution in [3.05, 3.63) is 6.54 Å². The van der Waals surface area contributed by atoms with Gasteiger partial charge in [-0.2, -0.15) is 6.42 Å². The summed E-state index contributed by atoms with van der Waals surface area (Å²) >= 11 is 0. The molecule has 1 fully saturated rings. The first-order chi connectivity index (χ1) is 4.55. The summed E-state index contributed by atoms with van der Waals surface area (Å²) < 4.78 is 0. The van der Waals surface area contributed by atoms with E-state index in [4.69, 9.17) is 0 Å². The first-order valence-corrected chi connectivity index (χ1v) is 4.11. The first-order valence-electron chi connectivity index (χ1n) is 4.11. The van der Waals surface area contributed by atoms with Crippen molar-refractivity contribution in [2.75, 3.05) is 7.05 Å². The summed E-state index contributed by atoms with van der Waals surface area (Å²) in [7, 11) is 2.18. The van der Waals surface area contributed by atoms with Crippen molar-refractivity contribution in [2.45, 2.75) is 39.2 Å². The molecular formula is C9H20LiMgN. The minimum atomic E-state index is 0. The van der Waals surface area contributed by atoms with Gasteiger partial charge in [0.25, 0.3) is 0 Å². The molecule has 1 aliphatic heterocycles. The SMILES string of the molecule is CC1CC[CH-]N(C)C1(C)C.[H-].[H-].[Li+].[Mg+2]. The topological polar surface area (TPSA) is 3.24 Å². The second-order valence-corrected chi connectivity index (χ2v) is 3.93. The van der Waals surface area contributed by atoms with E-state index in [-0.39, 0.29) is 44.8 Å². The third-order valence-corrected chi connectivity index (χ3v) is 3.12. The van der Waals surface area contributed by atoms with E-state index in [9.17, 15) is 0 Å². The van der Waals surface area contributed by atoms with E-state index >= 15 is 0 Å². The van der Waals surface area contributed by atoms with Crippen LogP contribution in [0.3, 0.4) is 0 Å². The van der Waals surface area contributed by atoms with Crippen molar-refractivity contribution < 1.29 is 21.7 Å². The largest absolute Gasteiger partial charge is 2.00 e. The quantitative estimate of drug-likeness (QED) is 0.340. The monoisotopic (exact) mass is 173 g/mol. The zero-order valence-electron chi connectivity index (χ0n) is 11.2. The fourth-order valence-electron chi connectivity index (χ4n) is 1.45. The Balaban J connectivity index is -0.000000125. The molecule has 1 heterocycles. The van der Waals surface area contributed by atoms with Crippen LogP contribution in [0, 0.1) is 12.5 Å². The Labute approximate surface area is 108 Å². The maximum atomic E-state index is 2.35. The van der Waals surface area contributed by atoms with Crippen LogP contribution >= 0.6 is 0 Å². The molecule has 0 amide bonds. The van der Waals surface area contributed by atoms with Gasteiger partial charge in [0.1, 0.15) is 0 Å². The molecule has 1 saturated heterocycles. The Hall–Kier alpha value is 1.32. The summed E-state index contributed by atoms with van der Waals surface area (Å²) in [6, 6.07) is 0. The van der Waals surface area contributed by atoms with Crippen molar-refractivity contribution in [1.29, 1.82) is 0 Å². The van der Waals surface area contributed by atoms with Crippen LogP contribution in [0.15, 0.2) is 0 Å². The molecule has 1 rings (SSSR count). The van der Waals surface area contributed by atoms with Gasteiger partial charge < -0.3 is 7.75 Å². The Morgan fingerprint density at radius 1 is 1.50 bits per heavy atom. The van der Waals surface area contributed by atoms with Crippen LogP contribution in [-0.4, -0.2) is 40.5 Å². The van der Waals surface area contributed by atoms with E-state index in [0.717, 1.165) is 5.92 Å². The van der Waals surface area contributed by atoms with Gasteiger partial charge in [0.2, 0.25) is 0 Å². The average Bonchev–Trinajstić information content (AvgIpc) is 1.84. The number of nitrogens with zero attached hydrogens (tertiary/aromatic N) is 1. The van der Waals surface area contributed by atoms with Crippen LogP contribution in [0.1, 0.15) is 36.5 Å². The van der Waals surface area contributed by atoms with Crippen LogP contribution in [0.5, 0.6) is 0 Å². The third kappa shape index (κ3) is 3.23. The smallest absolute Gasteiger partial charge is 1.00 e. The predicted octanol–water partition coefficient (Wildman–Crippen LogP) is -0.863. The fraction of sp³-hybridized carbons (Fsp3) is 0.889. The molecule has 0 aromatic heterocycles. The van der Waals surface area contributed by atoms with Crippen LogP contribution in [0.4, 0.5) is 0 Å². The predicted molar refractivity (Wildman–Crippen MR) is 52.5 cm³/mol. The molecule has 0 aromatic carbocycles. The summed E-state index contributed by atoms with van der Waals surface area (Å²) in [6.07, 6.45) is 2.60. The van der Waals surface area contributed by atoms with E-state index in [1.807, 2.05) is 0 Å². The van der Waals surface area contributed by atoms with Crippen molar-refractivity contribution in [2.24, 2.45) is 5.92 Å². The van der Waals surface area contributed by atoms with Gasteiger partial charge in [0, 0.05) is 0 Å². The Bertz CT molecular complexity index is 124. The number of likely N-dealkylation sites (tertiary alicyclic amines) is 1. The van der Waals surface area contributed by atoms with Gasteiger partial charge >= 0.3 is 41.9 Å². The molecule has 1 atom stereocenters. The van der Waals surface area contributed by atoms with E-state index in [0.29, 0.717) is 5.54 Å². The van der Waals surface area contributed by atoms with Crippen LogP contribution < -0.4 is 18.9 Å². The van der Waals surface area contributed by atoms with E-state index in [1.54, 1.807) is 0 Å². The summed E-state index contributed by atoms with van der Waals surface area (Å²) in [5.74, 6) is 0.822. The Kier molecular flexibility index (Phi) is 7.80. The molecule has 0 bridgehead atoms. The second kappa shape index (κ2) is 5.93. The molecule has 12 heavy (non-hydrogen) atoms. The van der Waals surface area contributed by atoms with Gasteiger partial charge in [-0.25, -0.2) is 0 Å². The molecule has 0 aromatic rings. The molecule has 1 unspecified atom stereocenters. The third-order valence-electron chi connectivity index (χ3n) is 3.12. The van der Waals surface area contributed by atoms with Crippen molar-refractivity contribution >= 4 is 23.1 Å². The molecule has 0 aliphatic carbocycles. The summed E-state index contributed by atoms with van der Waals surface area (Å²) in [5.41, 5.74) is 0.373. The van der Waals surface area contributed by atoms with Crippen molar-refractivity contribution in [3.63, 3.8) is 0 Å². The molecule has 0 radical (unpaired) electrons. The average molecular weight is 174 g/mol. The second-order valence-electron chi connectivity index (χ2n) is 3.93.